The number of halogens is 1. The first-order valence-corrected chi connectivity index (χ1v) is 5.57. The van der Waals surface area contributed by atoms with E-state index in [0.717, 1.165) is 5.69 Å². The Bertz CT molecular complexity index is 494. The van der Waals surface area contributed by atoms with Crippen molar-refractivity contribution in [2.75, 3.05) is 0 Å². The van der Waals surface area contributed by atoms with E-state index in [-0.39, 0.29) is 11.9 Å². The zero-order valence-electron chi connectivity index (χ0n) is 9.69. The van der Waals surface area contributed by atoms with Crippen LogP contribution in [0.25, 0.3) is 0 Å². The molecule has 0 amide bonds. The van der Waals surface area contributed by atoms with Crippen LogP contribution in [0.5, 0.6) is 0 Å². The van der Waals surface area contributed by atoms with Crippen LogP contribution < -0.4 is 5.73 Å². The molecule has 0 saturated carbocycles. The van der Waals surface area contributed by atoms with Crippen molar-refractivity contribution in [3.8, 4) is 0 Å². The highest BCUT2D eigenvalue weighted by Crippen LogP contribution is 2.13. The van der Waals surface area contributed by atoms with E-state index < -0.39 is 0 Å². The Morgan fingerprint density at radius 2 is 2.18 bits per heavy atom. The maximum atomic E-state index is 13.4. The molecular formula is C13H15FN2O. The summed E-state index contributed by atoms with van der Waals surface area (Å²) in [6.45, 7) is 1.91. The van der Waals surface area contributed by atoms with Crippen LogP contribution in [0.2, 0.25) is 0 Å². The molecule has 17 heavy (non-hydrogen) atoms. The number of aromatic nitrogens is 1. The minimum absolute atomic E-state index is 0.0430. The first kappa shape index (κ1) is 11.8. The van der Waals surface area contributed by atoms with Gasteiger partial charge in [0, 0.05) is 12.5 Å². The summed E-state index contributed by atoms with van der Waals surface area (Å²) >= 11 is 0. The number of hydrogen-bond acceptors (Lipinski definition) is 3. The zero-order chi connectivity index (χ0) is 12.3. The molecule has 0 spiro atoms. The molecule has 1 aromatic carbocycles. The van der Waals surface area contributed by atoms with Gasteiger partial charge in [-0.3, -0.25) is 0 Å². The monoisotopic (exact) mass is 234 g/mol. The molecule has 1 heterocycles. The molecule has 0 saturated heterocycles. The SMILES string of the molecule is CC(N)Cc1coc(Cc2ccccc2F)n1. The van der Waals surface area contributed by atoms with Crippen LogP contribution in [0.1, 0.15) is 24.1 Å². The lowest BCUT2D eigenvalue weighted by atomic mass is 10.1. The van der Waals surface area contributed by atoms with E-state index in [1.54, 1.807) is 24.5 Å². The Balaban J connectivity index is 2.09. The molecule has 0 aliphatic carbocycles. The van der Waals surface area contributed by atoms with Crippen molar-refractivity contribution in [2.24, 2.45) is 5.73 Å². The number of hydrogen-bond donors (Lipinski definition) is 1. The largest absolute Gasteiger partial charge is 0.448 e. The van der Waals surface area contributed by atoms with Gasteiger partial charge in [0.15, 0.2) is 5.89 Å². The van der Waals surface area contributed by atoms with Crippen molar-refractivity contribution in [1.29, 1.82) is 0 Å². The van der Waals surface area contributed by atoms with Crippen LogP contribution in [-0.4, -0.2) is 11.0 Å². The number of nitrogens with two attached hydrogens (primary N) is 1. The van der Waals surface area contributed by atoms with Gasteiger partial charge in [0.2, 0.25) is 0 Å². The fourth-order valence-electron chi connectivity index (χ4n) is 1.66. The molecule has 4 heteroatoms. The van der Waals surface area contributed by atoms with Crippen LogP contribution in [0.4, 0.5) is 4.39 Å². The van der Waals surface area contributed by atoms with Gasteiger partial charge in [0.05, 0.1) is 12.1 Å². The summed E-state index contributed by atoms with van der Waals surface area (Å²) in [5.41, 5.74) is 7.07. The second kappa shape index (κ2) is 5.10. The number of rotatable bonds is 4. The molecule has 1 aromatic heterocycles. The number of nitrogens with zero attached hydrogens (tertiary/aromatic N) is 1. The summed E-state index contributed by atoms with van der Waals surface area (Å²) < 4.78 is 18.7. The van der Waals surface area contributed by atoms with Gasteiger partial charge in [-0.1, -0.05) is 18.2 Å². The maximum Gasteiger partial charge on any atom is 0.198 e. The van der Waals surface area contributed by atoms with Crippen molar-refractivity contribution >= 4 is 0 Å². The predicted molar refractivity (Wildman–Crippen MR) is 63.1 cm³/mol. The van der Waals surface area contributed by atoms with E-state index in [2.05, 4.69) is 4.98 Å². The fraction of sp³-hybridized carbons (Fsp3) is 0.308. The van der Waals surface area contributed by atoms with Crippen molar-refractivity contribution < 1.29 is 8.81 Å². The summed E-state index contributed by atoms with van der Waals surface area (Å²) in [4.78, 5) is 4.27. The molecule has 1 unspecified atom stereocenters. The van der Waals surface area contributed by atoms with Gasteiger partial charge < -0.3 is 10.2 Å². The minimum atomic E-state index is -0.237. The topological polar surface area (TPSA) is 52.0 Å². The Morgan fingerprint density at radius 3 is 2.88 bits per heavy atom. The second-order valence-electron chi connectivity index (χ2n) is 4.18. The van der Waals surface area contributed by atoms with Gasteiger partial charge in [-0.25, -0.2) is 9.37 Å². The Morgan fingerprint density at radius 1 is 1.41 bits per heavy atom. The highest BCUT2D eigenvalue weighted by Gasteiger charge is 2.09. The normalized spacial score (nSPS) is 12.6. The second-order valence-corrected chi connectivity index (χ2v) is 4.18. The minimum Gasteiger partial charge on any atom is -0.448 e. The first-order chi connectivity index (χ1) is 8.15. The van der Waals surface area contributed by atoms with Crippen molar-refractivity contribution in [3.63, 3.8) is 0 Å². The molecule has 1 atom stereocenters. The van der Waals surface area contributed by atoms with Crippen molar-refractivity contribution in [1.82, 2.24) is 4.98 Å². The third-order valence-electron chi connectivity index (χ3n) is 2.43. The molecular weight excluding hydrogens is 219 g/mol. The lowest BCUT2D eigenvalue weighted by Gasteiger charge is -1.99. The summed E-state index contributed by atoms with van der Waals surface area (Å²) in [7, 11) is 0. The third kappa shape index (κ3) is 3.14. The summed E-state index contributed by atoms with van der Waals surface area (Å²) in [5, 5.41) is 0. The van der Waals surface area contributed by atoms with Gasteiger partial charge in [-0.2, -0.15) is 0 Å². The Labute approximate surface area is 99.5 Å². The molecule has 0 fully saturated rings. The van der Waals surface area contributed by atoms with Gasteiger partial charge in [0.1, 0.15) is 12.1 Å². The Hall–Kier alpha value is -1.68. The zero-order valence-corrected chi connectivity index (χ0v) is 9.69. The molecule has 90 valence electrons. The standard InChI is InChI=1S/C13H15FN2O/c1-9(15)6-11-8-17-13(16-11)7-10-4-2-3-5-12(10)14/h2-5,8-9H,6-7,15H2,1H3. The summed E-state index contributed by atoms with van der Waals surface area (Å²) in [6.07, 6.45) is 2.62. The van der Waals surface area contributed by atoms with Crippen molar-refractivity contribution in [2.45, 2.75) is 25.8 Å². The Kier molecular flexibility index (Phi) is 3.54. The van der Waals surface area contributed by atoms with Gasteiger partial charge in [-0.15, -0.1) is 0 Å². The molecule has 0 aliphatic heterocycles. The van der Waals surface area contributed by atoms with Crippen LogP contribution in [-0.2, 0) is 12.8 Å². The van der Waals surface area contributed by atoms with E-state index in [0.29, 0.717) is 24.3 Å². The van der Waals surface area contributed by atoms with Crippen molar-refractivity contribution in [3.05, 3.63) is 53.5 Å². The van der Waals surface area contributed by atoms with E-state index >= 15 is 0 Å². The molecule has 3 nitrogen and oxygen atoms in total. The van der Waals surface area contributed by atoms with E-state index in [1.807, 2.05) is 6.92 Å². The molecule has 2 aromatic rings. The quantitative estimate of drug-likeness (QED) is 0.883. The first-order valence-electron chi connectivity index (χ1n) is 5.57. The number of benzene rings is 1. The predicted octanol–water partition coefficient (Wildman–Crippen LogP) is 2.29. The van der Waals surface area contributed by atoms with E-state index in [1.165, 1.54) is 6.07 Å². The smallest absolute Gasteiger partial charge is 0.198 e. The lowest BCUT2D eigenvalue weighted by Crippen LogP contribution is -2.17. The highest BCUT2D eigenvalue weighted by molar-refractivity contribution is 5.20. The van der Waals surface area contributed by atoms with E-state index in [9.17, 15) is 4.39 Å². The average molecular weight is 234 g/mol. The maximum absolute atomic E-state index is 13.4. The van der Waals surface area contributed by atoms with Gasteiger partial charge in [-0.05, 0) is 18.6 Å². The molecule has 2 rings (SSSR count). The average Bonchev–Trinajstić information content (AvgIpc) is 2.68. The summed E-state index contributed by atoms with van der Waals surface area (Å²) in [5.74, 6) is 0.283. The number of oxazole rings is 1. The van der Waals surface area contributed by atoms with Crippen LogP contribution in [0, 0.1) is 5.82 Å². The van der Waals surface area contributed by atoms with Crippen LogP contribution in [0.15, 0.2) is 34.9 Å². The highest BCUT2D eigenvalue weighted by atomic mass is 19.1. The summed E-state index contributed by atoms with van der Waals surface area (Å²) in [6, 6.07) is 6.66. The lowest BCUT2D eigenvalue weighted by molar-refractivity contribution is 0.500. The van der Waals surface area contributed by atoms with Crippen LogP contribution >= 0.6 is 0 Å². The molecule has 2 N–H and O–H groups in total. The van der Waals surface area contributed by atoms with Gasteiger partial charge >= 0.3 is 0 Å². The van der Waals surface area contributed by atoms with E-state index in [4.69, 9.17) is 10.2 Å². The molecule has 0 radical (unpaired) electrons. The molecule has 0 bridgehead atoms. The van der Waals surface area contributed by atoms with Crippen LogP contribution in [0.3, 0.4) is 0 Å². The fourth-order valence-corrected chi connectivity index (χ4v) is 1.66. The van der Waals surface area contributed by atoms with Gasteiger partial charge in [0.25, 0.3) is 0 Å². The molecule has 0 aliphatic rings. The third-order valence-corrected chi connectivity index (χ3v) is 2.43.